The number of aliphatic hydroxyl groups is 2. The van der Waals surface area contributed by atoms with Gasteiger partial charge in [0.1, 0.15) is 4.47 Å². The van der Waals surface area contributed by atoms with Crippen molar-refractivity contribution in [1.82, 2.24) is 9.78 Å². The fourth-order valence-electron chi connectivity index (χ4n) is 1.60. The third kappa shape index (κ3) is 4.02. The molecule has 108 valence electrons. The Morgan fingerprint density at radius 3 is 2.63 bits per heavy atom. The molecule has 0 aliphatic heterocycles. The van der Waals surface area contributed by atoms with Gasteiger partial charge in [0, 0.05) is 6.54 Å². The van der Waals surface area contributed by atoms with E-state index in [0.29, 0.717) is 29.5 Å². The molecule has 3 N–H and O–H groups in total. The van der Waals surface area contributed by atoms with Crippen LogP contribution in [0.2, 0.25) is 0 Å². The first-order valence-corrected chi connectivity index (χ1v) is 7.09. The molecule has 0 spiro atoms. The van der Waals surface area contributed by atoms with E-state index < -0.39 is 5.60 Å². The normalized spacial score (nSPS) is 11.6. The van der Waals surface area contributed by atoms with Crippen LogP contribution >= 0.6 is 15.9 Å². The van der Waals surface area contributed by atoms with Gasteiger partial charge >= 0.3 is 0 Å². The van der Waals surface area contributed by atoms with Gasteiger partial charge in [-0.2, -0.15) is 5.10 Å². The van der Waals surface area contributed by atoms with Gasteiger partial charge in [-0.3, -0.25) is 4.79 Å². The molecule has 0 aromatic carbocycles. The number of rotatable bonds is 7. The van der Waals surface area contributed by atoms with Crippen LogP contribution in [0.5, 0.6) is 0 Å². The Balaban J connectivity index is 2.86. The van der Waals surface area contributed by atoms with Gasteiger partial charge in [-0.25, -0.2) is 4.68 Å². The Morgan fingerprint density at radius 2 is 2.11 bits per heavy atom. The van der Waals surface area contributed by atoms with Crippen LogP contribution in [0.1, 0.15) is 26.7 Å². The Bertz CT molecular complexity index is 472. The highest BCUT2D eigenvalue weighted by molar-refractivity contribution is 9.10. The predicted molar refractivity (Wildman–Crippen MR) is 77.3 cm³/mol. The number of anilines is 1. The summed E-state index contributed by atoms with van der Waals surface area (Å²) in [5.74, 6) is 0. The molecule has 0 aliphatic carbocycles. The molecule has 0 atom stereocenters. The minimum absolute atomic E-state index is 0.141. The van der Waals surface area contributed by atoms with E-state index in [2.05, 4.69) is 26.3 Å². The fourth-order valence-corrected chi connectivity index (χ4v) is 2.05. The third-order valence-electron chi connectivity index (χ3n) is 3.22. The van der Waals surface area contributed by atoms with Crippen molar-refractivity contribution in [3.8, 4) is 0 Å². The zero-order chi connectivity index (χ0) is 14.5. The molecule has 0 aliphatic rings. The second-order valence-electron chi connectivity index (χ2n) is 4.41. The molecule has 1 rings (SSSR count). The molecule has 0 amide bonds. The lowest BCUT2D eigenvalue weighted by Gasteiger charge is -2.26. The number of hydrogen-bond acceptors (Lipinski definition) is 5. The highest BCUT2D eigenvalue weighted by Crippen LogP contribution is 2.20. The van der Waals surface area contributed by atoms with Crippen molar-refractivity contribution in [2.45, 2.75) is 38.8 Å². The van der Waals surface area contributed by atoms with E-state index in [1.165, 1.54) is 10.9 Å². The van der Waals surface area contributed by atoms with Crippen molar-refractivity contribution >= 4 is 21.6 Å². The van der Waals surface area contributed by atoms with E-state index in [0.717, 1.165) is 0 Å². The van der Waals surface area contributed by atoms with Crippen LogP contribution in [0.4, 0.5) is 5.69 Å². The summed E-state index contributed by atoms with van der Waals surface area (Å²) in [6.45, 7) is 4.20. The third-order valence-corrected chi connectivity index (χ3v) is 3.99. The van der Waals surface area contributed by atoms with E-state index in [-0.39, 0.29) is 18.7 Å². The molecule has 0 unspecified atom stereocenters. The number of nitrogens with one attached hydrogen (secondary N) is 1. The number of aliphatic hydroxyl groups excluding tert-OH is 1. The molecule has 1 heterocycles. The highest BCUT2D eigenvalue weighted by atomic mass is 79.9. The zero-order valence-electron chi connectivity index (χ0n) is 11.2. The largest absolute Gasteiger partial charge is 0.394 e. The summed E-state index contributed by atoms with van der Waals surface area (Å²) in [5, 5.41) is 26.0. The molecule has 1 aromatic rings. The second-order valence-corrected chi connectivity index (χ2v) is 5.20. The van der Waals surface area contributed by atoms with Crippen LogP contribution in [0, 0.1) is 0 Å². The van der Waals surface area contributed by atoms with E-state index in [1.807, 2.05) is 13.8 Å². The van der Waals surface area contributed by atoms with Crippen molar-refractivity contribution in [3.05, 3.63) is 21.0 Å². The lowest BCUT2D eigenvalue weighted by molar-refractivity contribution is 0.0457. The van der Waals surface area contributed by atoms with E-state index in [9.17, 15) is 9.90 Å². The van der Waals surface area contributed by atoms with Crippen molar-refractivity contribution < 1.29 is 10.2 Å². The Kier molecular flexibility index (Phi) is 5.96. The summed E-state index contributed by atoms with van der Waals surface area (Å²) in [6.07, 6.45) is 2.76. The highest BCUT2D eigenvalue weighted by Gasteiger charge is 2.22. The average molecular weight is 334 g/mol. The minimum Gasteiger partial charge on any atom is -0.394 e. The van der Waals surface area contributed by atoms with Gasteiger partial charge in [0.15, 0.2) is 0 Å². The summed E-state index contributed by atoms with van der Waals surface area (Å²) in [6, 6.07) is 0. The van der Waals surface area contributed by atoms with Crippen molar-refractivity contribution in [2.75, 3.05) is 18.5 Å². The van der Waals surface area contributed by atoms with E-state index >= 15 is 0 Å². The van der Waals surface area contributed by atoms with Gasteiger partial charge in [-0.05, 0) is 28.8 Å². The Labute approximate surface area is 120 Å². The standard InChI is InChI=1S/C12H20BrN3O3/c1-3-12(19,4-2)8-14-9-7-15-16(5-6-17)11(18)10(9)13/h7,14,17,19H,3-6,8H2,1-2H3. The molecule has 1 aromatic heterocycles. The first-order valence-electron chi connectivity index (χ1n) is 6.30. The summed E-state index contributed by atoms with van der Waals surface area (Å²) >= 11 is 3.21. The van der Waals surface area contributed by atoms with E-state index in [4.69, 9.17) is 5.11 Å². The van der Waals surface area contributed by atoms with Crippen molar-refractivity contribution in [2.24, 2.45) is 0 Å². The maximum atomic E-state index is 11.9. The van der Waals surface area contributed by atoms with Gasteiger partial charge in [-0.1, -0.05) is 13.8 Å². The van der Waals surface area contributed by atoms with Gasteiger partial charge in [-0.15, -0.1) is 0 Å². The molecule has 7 heteroatoms. The molecule has 0 radical (unpaired) electrons. The van der Waals surface area contributed by atoms with Crippen LogP contribution in [0.25, 0.3) is 0 Å². The maximum absolute atomic E-state index is 11.9. The molecule has 0 fully saturated rings. The average Bonchev–Trinajstić information content (AvgIpc) is 2.43. The molecule has 0 bridgehead atoms. The first-order chi connectivity index (χ1) is 8.97. The topological polar surface area (TPSA) is 87.4 Å². The molecular weight excluding hydrogens is 314 g/mol. The number of hydrogen-bond donors (Lipinski definition) is 3. The predicted octanol–water partition coefficient (Wildman–Crippen LogP) is 0.961. The summed E-state index contributed by atoms with van der Waals surface area (Å²) < 4.78 is 1.53. The van der Waals surface area contributed by atoms with Crippen molar-refractivity contribution in [1.29, 1.82) is 0 Å². The lowest BCUT2D eigenvalue weighted by atomic mass is 9.97. The Morgan fingerprint density at radius 1 is 1.47 bits per heavy atom. The smallest absolute Gasteiger partial charge is 0.283 e. The van der Waals surface area contributed by atoms with Gasteiger partial charge in [0.2, 0.25) is 0 Å². The van der Waals surface area contributed by atoms with Gasteiger partial charge in [0.05, 0.1) is 30.6 Å². The number of halogens is 1. The monoisotopic (exact) mass is 333 g/mol. The fraction of sp³-hybridized carbons (Fsp3) is 0.667. The van der Waals surface area contributed by atoms with Crippen LogP contribution in [0.15, 0.2) is 15.5 Å². The van der Waals surface area contributed by atoms with Crippen LogP contribution in [-0.4, -0.2) is 38.7 Å². The summed E-state index contributed by atoms with van der Waals surface area (Å²) in [5.41, 5.74) is -0.561. The molecular formula is C12H20BrN3O3. The SMILES string of the molecule is CCC(O)(CC)CNc1cnn(CCO)c(=O)c1Br. The first kappa shape index (κ1) is 16.1. The minimum atomic E-state index is -0.792. The van der Waals surface area contributed by atoms with Crippen LogP contribution < -0.4 is 10.9 Å². The maximum Gasteiger partial charge on any atom is 0.283 e. The molecule has 19 heavy (non-hydrogen) atoms. The van der Waals surface area contributed by atoms with Crippen LogP contribution in [0.3, 0.4) is 0 Å². The summed E-state index contributed by atoms with van der Waals surface area (Å²) in [4.78, 5) is 11.9. The molecule has 0 saturated heterocycles. The van der Waals surface area contributed by atoms with Crippen LogP contribution in [-0.2, 0) is 6.54 Å². The number of nitrogens with zero attached hydrogens (tertiary/aromatic N) is 2. The quantitative estimate of drug-likeness (QED) is 0.691. The number of aromatic nitrogens is 2. The Hall–Kier alpha value is -0.920. The second kappa shape index (κ2) is 7.02. The summed E-state index contributed by atoms with van der Waals surface area (Å²) in [7, 11) is 0. The van der Waals surface area contributed by atoms with Crippen molar-refractivity contribution in [3.63, 3.8) is 0 Å². The zero-order valence-corrected chi connectivity index (χ0v) is 12.8. The van der Waals surface area contributed by atoms with E-state index in [1.54, 1.807) is 0 Å². The lowest BCUT2D eigenvalue weighted by Crippen LogP contribution is -2.36. The van der Waals surface area contributed by atoms with Gasteiger partial charge in [0.25, 0.3) is 5.56 Å². The molecule has 6 nitrogen and oxygen atoms in total. The molecule has 0 saturated carbocycles. The van der Waals surface area contributed by atoms with Gasteiger partial charge < -0.3 is 15.5 Å².